The third kappa shape index (κ3) is 5.89. The zero-order chi connectivity index (χ0) is 17.6. The minimum atomic E-state index is -0.334. The van der Waals surface area contributed by atoms with Crippen molar-refractivity contribution in [2.75, 3.05) is 37.6 Å². The number of furan rings is 1. The van der Waals surface area contributed by atoms with E-state index in [0.717, 1.165) is 13.1 Å². The number of carbonyl (C=O) groups excluding carboxylic acids is 2. The Morgan fingerprint density at radius 1 is 1.07 bits per heavy atom. The van der Waals surface area contributed by atoms with E-state index >= 15 is 0 Å². The van der Waals surface area contributed by atoms with Gasteiger partial charge in [-0.3, -0.25) is 9.59 Å². The number of carbonyl (C=O) groups is 2. The summed E-state index contributed by atoms with van der Waals surface area (Å²) in [7, 11) is 0. The lowest BCUT2D eigenvalue weighted by Crippen LogP contribution is -2.51. The normalized spacial score (nSPS) is 13.4. The van der Waals surface area contributed by atoms with E-state index in [1.165, 1.54) is 12.0 Å². The molecule has 1 aliphatic heterocycles. The fourth-order valence-electron chi connectivity index (χ4n) is 2.83. The molecule has 1 aliphatic rings. The van der Waals surface area contributed by atoms with Crippen molar-refractivity contribution in [2.24, 2.45) is 5.73 Å². The molecule has 2 heterocycles. The van der Waals surface area contributed by atoms with Crippen LogP contribution in [0.3, 0.4) is 0 Å². The minimum absolute atomic E-state index is 0. The van der Waals surface area contributed by atoms with Crippen molar-refractivity contribution in [2.45, 2.75) is 6.54 Å². The maximum atomic E-state index is 12.3. The van der Waals surface area contributed by atoms with Gasteiger partial charge in [0.25, 0.3) is 5.91 Å². The van der Waals surface area contributed by atoms with Crippen LogP contribution in [0.1, 0.15) is 16.1 Å². The minimum Gasteiger partial charge on any atom is -0.467 e. The molecule has 0 bridgehead atoms. The Hall–Kier alpha value is -2.22. The van der Waals surface area contributed by atoms with E-state index in [0.29, 0.717) is 24.4 Å². The average Bonchev–Trinajstić information content (AvgIpc) is 3.16. The van der Waals surface area contributed by atoms with E-state index in [1.54, 1.807) is 11.0 Å². The van der Waals surface area contributed by atoms with Crippen molar-refractivity contribution >= 4 is 42.3 Å². The quantitative estimate of drug-likeness (QED) is 0.775. The molecule has 0 unspecified atom stereocenters. The summed E-state index contributed by atoms with van der Waals surface area (Å²) in [4.78, 5) is 28.3. The molecular weight excluding hydrogens is 391 g/mol. The number of hydrogen-bond donors (Lipinski definition) is 2. The summed E-state index contributed by atoms with van der Waals surface area (Å²) >= 11 is 0. The third-order valence-corrected chi connectivity index (χ3v) is 4.27. The molecule has 27 heavy (non-hydrogen) atoms. The van der Waals surface area contributed by atoms with Crippen LogP contribution in [0.4, 0.5) is 5.69 Å². The lowest BCUT2D eigenvalue weighted by molar-refractivity contribution is -0.130. The number of rotatable bonds is 5. The highest BCUT2D eigenvalue weighted by molar-refractivity contribution is 5.96. The third-order valence-electron chi connectivity index (χ3n) is 4.27. The van der Waals surface area contributed by atoms with Crippen LogP contribution in [-0.2, 0) is 11.3 Å². The Morgan fingerprint density at radius 2 is 1.74 bits per heavy atom. The van der Waals surface area contributed by atoms with Crippen LogP contribution < -0.4 is 16.0 Å². The van der Waals surface area contributed by atoms with E-state index in [-0.39, 0.29) is 49.7 Å². The summed E-state index contributed by atoms with van der Waals surface area (Å²) in [5, 5.41) is 2.63. The van der Waals surface area contributed by atoms with Gasteiger partial charge in [0.15, 0.2) is 0 Å². The average molecular weight is 415 g/mol. The predicted octanol–water partition coefficient (Wildman–Crippen LogP) is 1.66. The second-order valence-electron chi connectivity index (χ2n) is 5.89. The zero-order valence-electron chi connectivity index (χ0n) is 14.8. The molecule has 0 aliphatic carbocycles. The summed E-state index contributed by atoms with van der Waals surface area (Å²) in [5.41, 5.74) is 6.99. The largest absolute Gasteiger partial charge is 0.467 e. The first kappa shape index (κ1) is 22.8. The number of para-hydroxylation sites is 1. The van der Waals surface area contributed by atoms with E-state index in [4.69, 9.17) is 10.2 Å². The number of hydrogen-bond acceptors (Lipinski definition) is 5. The topological polar surface area (TPSA) is 91.8 Å². The molecule has 3 N–H and O–H groups in total. The number of nitrogens with two attached hydrogens (primary N) is 1. The standard InChI is InChI=1S/C18H22N4O3.2ClH/c19-11-16-10-14(13-25-16)18(24)20-12-17(23)22-8-6-21(7-9-22)15-4-2-1-3-5-15;;/h1-5,10,13H,6-9,11-12,19H2,(H,20,24);2*1H. The van der Waals surface area contributed by atoms with E-state index < -0.39 is 0 Å². The highest BCUT2D eigenvalue weighted by atomic mass is 35.5. The predicted molar refractivity (Wildman–Crippen MR) is 109 cm³/mol. The van der Waals surface area contributed by atoms with Gasteiger partial charge in [-0.05, 0) is 18.2 Å². The Morgan fingerprint density at radius 3 is 2.33 bits per heavy atom. The highest BCUT2D eigenvalue weighted by Crippen LogP contribution is 2.15. The monoisotopic (exact) mass is 414 g/mol. The number of amides is 2. The van der Waals surface area contributed by atoms with Crippen molar-refractivity contribution in [3.8, 4) is 0 Å². The molecule has 9 heteroatoms. The SMILES string of the molecule is Cl.Cl.NCc1cc(C(=O)NCC(=O)N2CCN(c3ccccc3)CC2)co1. The first-order valence-electron chi connectivity index (χ1n) is 8.31. The number of halogens is 2. The number of benzene rings is 1. The molecule has 0 radical (unpaired) electrons. The molecule has 0 saturated carbocycles. The maximum absolute atomic E-state index is 12.3. The van der Waals surface area contributed by atoms with Crippen molar-refractivity contribution in [3.05, 3.63) is 54.0 Å². The van der Waals surface area contributed by atoms with E-state index in [2.05, 4.69) is 22.3 Å². The molecular formula is C18H24Cl2N4O3. The molecule has 7 nitrogen and oxygen atoms in total. The van der Waals surface area contributed by atoms with Gasteiger partial charge in [-0.2, -0.15) is 0 Å². The van der Waals surface area contributed by atoms with Crippen LogP contribution in [0.25, 0.3) is 0 Å². The summed E-state index contributed by atoms with van der Waals surface area (Å²) in [5.74, 6) is 0.122. The summed E-state index contributed by atoms with van der Waals surface area (Å²) in [6, 6.07) is 11.7. The highest BCUT2D eigenvalue weighted by Gasteiger charge is 2.21. The van der Waals surface area contributed by atoms with Gasteiger partial charge in [-0.1, -0.05) is 18.2 Å². The zero-order valence-corrected chi connectivity index (χ0v) is 16.4. The van der Waals surface area contributed by atoms with Crippen LogP contribution in [-0.4, -0.2) is 49.4 Å². The molecule has 1 saturated heterocycles. The van der Waals surface area contributed by atoms with Crippen molar-refractivity contribution in [1.29, 1.82) is 0 Å². The van der Waals surface area contributed by atoms with Gasteiger partial charge >= 0.3 is 0 Å². The molecule has 0 spiro atoms. The summed E-state index contributed by atoms with van der Waals surface area (Å²) in [6.45, 7) is 3.07. The number of nitrogens with zero attached hydrogens (tertiary/aromatic N) is 2. The fourth-order valence-corrected chi connectivity index (χ4v) is 2.83. The Bertz CT molecular complexity index is 731. The lowest BCUT2D eigenvalue weighted by Gasteiger charge is -2.36. The van der Waals surface area contributed by atoms with Gasteiger partial charge < -0.3 is 25.3 Å². The van der Waals surface area contributed by atoms with Crippen molar-refractivity contribution in [3.63, 3.8) is 0 Å². The molecule has 148 valence electrons. The molecule has 3 rings (SSSR count). The van der Waals surface area contributed by atoms with Gasteiger partial charge in [0.1, 0.15) is 12.0 Å². The van der Waals surface area contributed by atoms with Crippen LogP contribution >= 0.6 is 24.8 Å². The molecule has 1 aromatic carbocycles. The maximum Gasteiger partial charge on any atom is 0.254 e. The molecule has 0 atom stereocenters. The van der Waals surface area contributed by atoms with Crippen molar-refractivity contribution < 1.29 is 14.0 Å². The van der Waals surface area contributed by atoms with Crippen molar-refractivity contribution in [1.82, 2.24) is 10.2 Å². The van der Waals surface area contributed by atoms with Crippen LogP contribution in [0.2, 0.25) is 0 Å². The number of nitrogens with one attached hydrogen (secondary N) is 1. The lowest BCUT2D eigenvalue weighted by atomic mass is 10.2. The van der Waals surface area contributed by atoms with Gasteiger partial charge in [0, 0.05) is 31.9 Å². The van der Waals surface area contributed by atoms with Crippen LogP contribution in [0, 0.1) is 0 Å². The molecule has 1 fully saturated rings. The second-order valence-corrected chi connectivity index (χ2v) is 5.89. The second kappa shape index (κ2) is 10.8. The Labute approximate surface area is 170 Å². The van der Waals surface area contributed by atoms with Crippen LogP contribution in [0.5, 0.6) is 0 Å². The van der Waals surface area contributed by atoms with Gasteiger partial charge in [-0.25, -0.2) is 0 Å². The van der Waals surface area contributed by atoms with E-state index in [1.807, 2.05) is 18.2 Å². The fraction of sp³-hybridized carbons (Fsp3) is 0.333. The number of anilines is 1. The van der Waals surface area contributed by atoms with Crippen LogP contribution in [0.15, 0.2) is 47.1 Å². The first-order valence-corrected chi connectivity index (χ1v) is 8.31. The smallest absolute Gasteiger partial charge is 0.254 e. The molecule has 2 aromatic rings. The van der Waals surface area contributed by atoms with Gasteiger partial charge in [-0.15, -0.1) is 24.8 Å². The summed E-state index contributed by atoms with van der Waals surface area (Å²) < 4.78 is 5.13. The molecule has 2 amide bonds. The number of piperazine rings is 1. The van der Waals surface area contributed by atoms with Gasteiger partial charge in [0.05, 0.1) is 18.7 Å². The molecule has 1 aromatic heterocycles. The summed E-state index contributed by atoms with van der Waals surface area (Å²) in [6.07, 6.45) is 1.35. The Balaban J connectivity index is 0.00000182. The first-order chi connectivity index (χ1) is 12.2. The Kier molecular flexibility index (Phi) is 9.14. The van der Waals surface area contributed by atoms with E-state index in [9.17, 15) is 9.59 Å². The van der Waals surface area contributed by atoms with Gasteiger partial charge in [0.2, 0.25) is 5.91 Å².